The van der Waals surface area contributed by atoms with Crippen LogP contribution in [0.4, 0.5) is 17.1 Å². The molecule has 0 heterocycles. The number of anilines is 2. The molecule has 0 aromatic heterocycles. The average molecular weight is 264 g/mol. The Labute approximate surface area is 111 Å². The van der Waals surface area contributed by atoms with Crippen molar-refractivity contribution in [2.24, 2.45) is 0 Å². The Morgan fingerprint density at radius 2 is 2.26 bits per heavy atom. The van der Waals surface area contributed by atoms with Gasteiger partial charge < -0.3 is 15.4 Å². The number of ether oxygens (including phenoxy) is 1. The topological polar surface area (TPSA) is 105 Å². The number of nitro groups is 1. The maximum Gasteiger partial charge on any atom is 0.292 e. The highest BCUT2D eigenvalue weighted by molar-refractivity contribution is 5.66. The van der Waals surface area contributed by atoms with Crippen molar-refractivity contribution >= 4 is 17.1 Å². The first-order valence-electron chi connectivity index (χ1n) is 5.75. The molecule has 0 aliphatic heterocycles. The van der Waals surface area contributed by atoms with Gasteiger partial charge in [0.2, 0.25) is 0 Å². The predicted octanol–water partition coefficient (Wildman–Crippen LogP) is 1.54. The molecule has 0 amide bonds. The zero-order chi connectivity index (χ0) is 14.3. The van der Waals surface area contributed by atoms with Crippen LogP contribution in [0.15, 0.2) is 18.2 Å². The number of rotatable bonds is 7. The smallest absolute Gasteiger partial charge is 0.292 e. The van der Waals surface area contributed by atoms with E-state index < -0.39 is 4.92 Å². The first-order valence-corrected chi connectivity index (χ1v) is 5.75. The lowest BCUT2D eigenvalue weighted by atomic mass is 10.2. The molecule has 102 valence electrons. The van der Waals surface area contributed by atoms with Crippen molar-refractivity contribution in [2.45, 2.75) is 6.42 Å². The van der Waals surface area contributed by atoms with Gasteiger partial charge in [-0.05, 0) is 12.1 Å². The van der Waals surface area contributed by atoms with Gasteiger partial charge in [0.15, 0.2) is 0 Å². The highest BCUT2D eigenvalue weighted by Crippen LogP contribution is 2.26. The Morgan fingerprint density at radius 1 is 1.53 bits per heavy atom. The van der Waals surface area contributed by atoms with Gasteiger partial charge >= 0.3 is 0 Å². The summed E-state index contributed by atoms with van der Waals surface area (Å²) in [4.78, 5) is 12.1. The van der Waals surface area contributed by atoms with E-state index in [1.165, 1.54) is 6.07 Å². The van der Waals surface area contributed by atoms with E-state index >= 15 is 0 Å². The van der Waals surface area contributed by atoms with E-state index in [0.29, 0.717) is 26.1 Å². The lowest BCUT2D eigenvalue weighted by Crippen LogP contribution is -2.28. The second kappa shape index (κ2) is 7.18. The van der Waals surface area contributed by atoms with Gasteiger partial charge in [-0.1, -0.05) is 0 Å². The fraction of sp³-hybridized carbons (Fsp3) is 0.417. The highest BCUT2D eigenvalue weighted by atomic mass is 16.6. The minimum Gasteiger partial charge on any atom is -0.393 e. The van der Waals surface area contributed by atoms with Crippen LogP contribution >= 0.6 is 0 Å². The minimum atomic E-state index is -0.520. The minimum absolute atomic E-state index is 0.113. The van der Waals surface area contributed by atoms with Crippen molar-refractivity contribution in [1.29, 1.82) is 5.26 Å². The van der Waals surface area contributed by atoms with Crippen molar-refractivity contribution in [1.82, 2.24) is 0 Å². The molecule has 0 fully saturated rings. The number of nitro benzene ring substituents is 1. The summed E-state index contributed by atoms with van der Waals surface area (Å²) < 4.78 is 5.00. The number of nitrogens with two attached hydrogens (primary N) is 1. The lowest BCUT2D eigenvalue weighted by molar-refractivity contribution is -0.383. The third-order valence-electron chi connectivity index (χ3n) is 2.63. The summed E-state index contributed by atoms with van der Waals surface area (Å²) in [6.45, 7) is 1.62. The first kappa shape index (κ1) is 14.7. The molecule has 0 radical (unpaired) electrons. The van der Waals surface area contributed by atoms with Gasteiger partial charge in [-0.15, -0.1) is 0 Å². The number of methoxy groups -OCH3 is 1. The van der Waals surface area contributed by atoms with Crippen LogP contribution in [0.25, 0.3) is 0 Å². The van der Waals surface area contributed by atoms with E-state index in [1.807, 2.05) is 4.90 Å². The Balaban J connectivity index is 2.92. The summed E-state index contributed by atoms with van der Waals surface area (Å²) in [5, 5.41) is 19.3. The summed E-state index contributed by atoms with van der Waals surface area (Å²) in [7, 11) is 1.59. The number of nitrogens with zero attached hydrogens (tertiary/aromatic N) is 3. The van der Waals surface area contributed by atoms with Gasteiger partial charge in [0.25, 0.3) is 5.69 Å². The van der Waals surface area contributed by atoms with E-state index in [2.05, 4.69) is 6.07 Å². The summed E-state index contributed by atoms with van der Waals surface area (Å²) >= 11 is 0. The quantitative estimate of drug-likeness (QED) is 0.455. The van der Waals surface area contributed by atoms with E-state index in [1.54, 1.807) is 19.2 Å². The Hall–Kier alpha value is -2.33. The SMILES string of the molecule is COCCN(CCC#N)c1ccc([N+](=O)[O-])c(N)c1. The van der Waals surface area contributed by atoms with Crippen LogP contribution in [0.5, 0.6) is 0 Å². The average Bonchev–Trinajstić information content (AvgIpc) is 2.38. The second-order valence-electron chi connectivity index (χ2n) is 3.89. The molecule has 0 aliphatic carbocycles. The molecule has 19 heavy (non-hydrogen) atoms. The first-order chi connectivity index (χ1) is 9.10. The molecule has 7 heteroatoms. The van der Waals surface area contributed by atoms with Gasteiger partial charge in [0, 0.05) is 32.0 Å². The Kier molecular flexibility index (Phi) is 5.57. The molecule has 0 saturated heterocycles. The number of benzene rings is 1. The third kappa shape index (κ3) is 4.12. The molecule has 0 bridgehead atoms. The molecule has 0 spiro atoms. The number of hydrogen-bond donors (Lipinski definition) is 1. The molecule has 1 aromatic rings. The van der Waals surface area contributed by atoms with Crippen LogP contribution in [0.1, 0.15) is 6.42 Å². The maximum absolute atomic E-state index is 10.7. The fourth-order valence-electron chi connectivity index (χ4n) is 1.66. The molecule has 7 nitrogen and oxygen atoms in total. The molecule has 2 N–H and O–H groups in total. The van der Waals surface area contributed by atoms with E-state index in [4.69, 9.17) is 15.7 Å². The van der Waals surface area contributed by atoms with Gasteiger partial charge in [0.05, 0.1) is 24.0 Å². The molecular formula is C12H16N4O3. The summed E-state index contributed by atoms with van der Waals surface area (Å²) in [6, 6.07) is 6.61. The van der Waals surface area contributed by atoms with Gasteiger partial charge in [-0.2, -0.15) is 5.26 Å². The molecule has 0 atom stereocenters. The lowest BCUT2D eigenvalue weighted by Gasteiger charge is -2.23. The molecule has 0 saturated carbocycles. The zero-order valence-electron chi connectivity index (χ0n) is 10.7. The summed E-state index contributed by atoms with van der Waals surface area (Å²) in [6.07, 6.45) is 0.362. The van der Waals surface area contributed by atoms with Crippen LogP contribution in [-0.2, 0) is 4.74 Å². The number of nitrogen functional groups attached to an aromatic ring is 1. The van der Waals surface area contributed by atoms with E-state index in [9.17, 15) is 10.1 Å². The van der Waals surface area contributed by atoms with Crippen LogP contribution in [0.3, 0.4) is 0 Å². The summed E-state index contributed by atoms with van der Waals surface area (Å²) in [5.74, 6) is 0. The molecule has 0 aliphatic rings. The van der Waals surface area contributed by atoms with Crippen LogP contribution in [-0.4, -0.2) is 31.7 Å². The molecule has 0 unspecified atom stereocenters. The van der Waals surface area contributed by atoms with Gasteiger partial charge in [-0.25, -0.2) is 0 Å². The van der Waals surface area contributed by atoms with Crippen LogP contribution in [0.2, 0.25) is 0 Å². The van der Waals surface area contributed by atoms with E-state index in [0.717, 1.165) is 5.69 Å². The Morgan fingerprint density at radius 3 is 2.79 bits per heavy atom. The second-order valence-corrected chi connectivity index (χ2v) is 3.89. The van der Waals surface area contributed by atoms with Gasteiger partial charge in [0.1, 0.15) is 5.69 Å². The van der Waals surface area contributed by atoms with Crippen molar-refractivity contribution in [3.8, 4) is 6.07 Å². The van der Waals surface area contributed by atoms with E-state index in [-0.39, 0.29) is 11.4 Å². The Bertz CT molecular complexity index is 484. The monoisotopic (exact) mass is 264 g/mol. The standard InChI is InChI=1S/C12H16N4O3/c1-19-8-7-15(6-2-5-13)10-3-4-12(16(17)18)11(14)9-10/h3-4,9H,2,6-8,14H2,1H3. The van der Waals surface area contributed by atoms with Crippen molar-refractivity contribution in [2.75, 3.05) is 37.4 Å². The van der Waals surface area contributed by atoms with Crippen LogP contribution < -0.4 is 10.6 Å². The number of nitriles is 1. The third-order valence-corrected chi connectivity index (χ3v) is 2.63. The largest absolute Gasteiger partial charge is 0.393 e. The predicted molar refractivity (Wildman–Crippen MR) is 71.8 cm³/mol. The number of hydrogen-bond acceptors (Lipinski definition) is 6. The van der Waals surface area contributed by atoms with Crippen molar-refractivity contribution in [3.63, 3.8) is 0 Å². The van der Waals surface area contributed by atoms with Crippen molar-refractivity contribution in [3.05, 3.63) is 28.3 Å². The fourth-order valence-corrected chi connectivity index (χ4v) is 1.66. The highest BCUT2D eigenvalue weighted by Gasteiger charge is 2.14. The molecule has 1 aromatic carbocycles. The van der Waals surface area contributed by atoms with Crippen LogP contribution in [0, 0.1) is 21.4 Å². The maximum atomic E-state index is 10.7. The molecular weight excluding hydrogens is 248 g/mol. The zero-order valence-corrected chi connectivity index (χ0v) is 10.7. The van der Waals surface area contributed by atoms with Crippen molar-refractivity contribution < 1.29 is 9.66 Å². The molecule has 1 rings (SSSR count). The van der Waals surface area contributed by atoms with Gasteiger partial charge in [-0.3, -0.25) is 10.1 Å². The normalized spacial score (nSPS) is 9.89. The summed E-state index contributed by atoms with van der Waals surface area (Å²) in [5.41, 5.74) is 6.40.